The summed E-state index contributed by atoms with van der Waals surface area (Å²) in [4.78, 5) is 0. The monoisotopic (exact) mass is 273 g/mol. The van der Waals surface area contributed by atoms with Crippen LogP contribution in [0.25, 0.3) is 0 Å². The summed E-state index contributed by atoms with van der Waals surface area (Å²) in [5, 5.41) is 3.98. The fraction of sp³-hybridized carbons (Fsp3) is 0.500. The van der Waals surface area contributed by atoms with Gasteiger partial charge in [0.1, 0.15) is 0 Å². The topological polar surface area (TPSA) is 46.2 Å². The fourth-order valence-electron chi connectivity index (χ4n) is 2.32. The third-order valence-electron chi connectivity index (χ3n) is 2.82. The van der Waals surface area contributed by atoms with Gasteiger partial charge in [0.05, 0.1) is 11.5 Å². The number of halogens is 1. The van der Waals surface area contributed by atoms with Gasteiger partial charge in [0.15, 0.2) is 9.84 Å². The molecule has 1 aromatic rings. The number of nitrogens with one attached hydrogen (secondary N) is 1. The molecule has 3 nitrogen and oxygen atoms in total. The van der Waals surface area contributed by atoms with E-state index >= 15 is 0 Å². The molecule has 0 saturated carbocycles. The lowest BCUT2D eigenvalue weighted by Crippen LogP contribution is -2.54. The maximum Gasteiger partial charge on any atom is 0.153 e. The van der Waals surface area contributed by atoms with Crippen LogP contribution in [-0.4, -0.2) is 25.5 Å². The lowest BCUT2D eigenvalue weighted by Gasteiger charge is -2.37. The second kappa shape index (κ2) is 4.26. The van der Waals surface area contributed by atoms with Crippen LogP contribution in [0.5, 0.6) is 0 Å². The first-order chi connectivity index (χ1) is 7.77. The predicted molar refractivity (Wildman–Crippen MR) is 70.1 cm³/mol. The van der Waals surface area contributed by atoms with Crippen molar-refractivity contribution in [1.29, 1.82) is 0 Å². The van der Waals surface area contributed by atoms with Gasteiger partial charge in [-0.05, 0) is 31.5 Å². The lowest BCUT2D eigenvalue weighted by atomic mass is 10.0. The third-order valence-corrected chi connectivity index (χ3v) is 5.06. The van der Waals surface area contributed by atoms with Crippen LogP contribution in [0, 0.1) is 0 Å². The zero-order valence-corrected chi connectivity index (χ0v) is 11.5. The van der Waals surface area contributed by atoms with Crippen molar-refractivity contribution in [2.45, 2.75) is 25.4 Å². The Bertz CT molecular complexity index is 525. The van der Waals surface area contributed by atoms with Crippen molar-refractivity contribution in [2.75, 3.05) is 11.5 Å². The van der Waals surface area contributed by atoms with Crippen molar-refractivity contribution < 1.29 is 8.42 Å². The molecular formula is C12H16ClNO2S. The first-order valence-electron chi connectivity index (χ1n) is 5.51. The average molecular weight is 274 g/mol. The van der Waals surface area contributed by atoms with Crippen molar-refractivity contribution in [2.24, 2.45) is 0 Å². The van der Waals surface area contributed by atoms with E-state index in [1.165, 1.54) is 0 Å². The van der Waals surface area contributed by atoms with Crippen LogP contribution in [0.1, 0.15) is 25.5 Å². The minimum absolute atomic E-state index is 0.136. The van der Waals surface area contributed by atoms with Gasteiger partial charge in [0.2, 0.25) is 0 Å². The molecule has 0 spiro atoms. The normalized spacial score (nSPS) is 26.6. The number of benzene rings is 1. The van der Waals surface area contributed by atoms with Crippen molar-refractivity contribution >= 4 is 21.4 Å². The predicted octanol–water partition coefficient (Wildman–Crippen LogP) is 2.18. The molecule has 94 valence electrons. The zero-order chi connectivity index (χ0) is 12.7. The molecule has 1 fully saturated rings. The first kappa shape index (κ1) is 12.9. The van der Waals surface area contributed by atoms with E-state index in [2.05, 4.69) is 5.32 Å². The van der Waals surface area contributed by atoms with E-state index in [-0.39, 0.29) is 17.5 Å². The Balaban J connectivity index is 2.33. The molecule has 0 aromatic heterocycles. The van der Waals surface area contributed by atoms with E-state index in [1.54, 1.807) is 6.07 Å². The van der Waals surface area contributed by atoms with Gasteiger partial charge in [0.25, 0.3) is 0 Å². The van der Waals surface area contributed by atoms with Gasteiger partial charge in [-0.15, -0.1) is 0 Å². The van der Waals surface area contributed by atoms with Crippen molar-refractivity contribution in [3.05, 3.63) is 34.9 Å². The molecule has 5 heteroatoms. The summed E-state index contributed by atoms with van der Waals surface area (Å²) < 4.78 is 23.7. The highest BCUT2D eigenvalue weighted by Gasteiger charge is 2.36. The SMILES string of the molecule is CC1(C)CS(=O)(=O)CC(c2cccc(Cl)c2)N1. The number of hydrogen-bond acceptors (Lipinski definition) is 3. The maximum atomic E-state index is 11.9. The highest BCUT2D eigenvalue weighted by molar-refractivity contribution is 7.91. The minimum atomic E-state index is -3.01. The summed E-state index contributed by atoms with van der Waals surface area (Å²) in [7, 11) is -3.01. The smallest absolute Gasteiger partial charge is 0.153 e. The summed E-state index contributed by atoms with van der Waals surface area (Å²) in [6.45, 7) is 3.81. The molecule has 1 aromatic carbocycles. The Morgan fingerprint density at radius 1 is 1.41 bits per heavy atom. The van der Waals surface area contributed by atoms with E-state index in [9.17, 15) is 8.42 Å². The summed E-state index contributed by atoms with van der Waals surface area (Å²) >= 11 is 5.93. The van der Waals surface area contributed by atoms with Crippen LogP contribution in [0.4, 0.5) is 0 Å². The van der Waals surface area contributed by atoms with Gasteiger partial charge in [-0.25, -0.2) is 8.42 Å². The van der Waals surface area contributed by atoms with E-state index < -0.39 is 15.4 Å². The molecule has 0 radical (unpaired) electrons. The average Bonchev–Trinajstić information content (AvgIpc) is 2.12. The molecule has 0 bridgehead atoms. The zero-order valence-electron chi connectivity index (χ0n) is 9.90. The van der Waals surface area contributed by atoms with Crippen LogP contribution in [-0.2, 0) is 9.84 Å². The summed E-state index contributed by atoms with van der Waals surface area (Å²) in [6.07, 6.45) is 0. The molecular weight excluding hydrogens is 258 g/mol. The van der Waals surface area contributed by atoms with Gasteiger partial charge in [-0.2, -0.15) is 0 Å². The number of hydrogen-bond donors (Lipinski definition) is 1. The summed E-state index contributed by atoms with van der Waals surface area (Å²) in [6, 6.07) is 7.17. The molecule has 17 heavy (non-hydrogen) atoms. The first-order valence-corrected chi connectivity index (χ1v) is 7.71. The van der Waals surface area contributed by atoms with Crippen molar-refractivity contribution in [3.63, 3.8) is 0 Å². The minimum Gasteiger partial charge on any atom is -0.303 e. The molecule has 0 amide bonds. The van der Waals surface area contributed by atoms with E-state index in [4.69, 9.17) is 11.6 Å². The van der Waals surface area contributed by atoms with Crippen molar-refractivity contribution in [3.8, 4) is 0 Å². The highest BCUT2D eigenvalue weighted by Crippen LogP contribution is 2.27. The van der Waals surface area contributed by atoms with Crippen LogP contribution >= 0.6 is 11.6 Å². The molecule has 1 saturated heterocycles. The quantitative estimate of drug-likeness (QED) is 0.853. The largest absolute Gasteiger partial charge is 0.303 e. The second-order valence-corrected chi connectivity index (χ2v) is 7.74. The van der Waals surface area contributed by atoms with E-state index in [0.717, 1.165) is 5.56 Å². The Morgan fingerprint density at radius 3 is 2.71 bits per heavy atom. The molecule has 1 heterocycles. The van der Waals surface area contributed by atoms with E-state index in [1.807, 2.05) is 32.0 Å². The lowest BCUT2D eigenvalue weighted by molar-refractivity contribution is 0.360. The standard InChI is InChI=1S/C12H16ClNO2S/c1-12(2)8-17(15,16)7-11(14-12)9-4-3-5-10(13)6-9/h3-6,11,14H,7-8H2,1-2H3. The Kier molecular flexibility index (Phi) is 3.23. The van der Waals surface area contributed by atoms with Crippen LogP contribution in [0.2, 0.25) is 5.02 Å². The van der Waals surface area contributed by atoms with Crippen LogP contribution in [0.15, 0.2) is 24.3 Å². The Labute approximate surface area is 107 Å². The molecule has 1 unspecified atom stereocenters. The summed E-state index contributed by atoms with van der Waals surface area (Å²) in [5.41, 5.74) is 0.526. The molecule has 1 aliphatic heterocycles. The summed E-state index contributed by atoms with van der Waals surface area (Å²) in [5.74, 6) is 0.313. The van der Waals surface area contributed by atoms with Crippen molar-refractivity contribution in [1.82, 2.24) is 5.32 Å². The van der Waals surface area contributed by atoms with Gasteiger partial charge >= 0.3 is 0 Å². The highest BCUT2D eigenvalue weighted by atomic mass is 35.5. The fourth-order valence-corrected chi connectivity index (χ4v) is 4.60. The van der Waals surface area contributed by atoms with E-state index in [0.29, 0.717) is 5.02 Å². The van der Waals surface area contributed by atoms with Gasteiger partial charge in [-0.1, -0.05) is 23.7 Å². The molecule has 1 aliphatic rings. The van der Waals surface area contributed by atoms with Crippen LogP contribution in [0.3, 0.4) is 0 Å². The Hall–Kier alpha value is -0.580. The van der Waals surface area contributed by atoms with Gasteiger partial charge < -0.3 is 5.32 Å². The molecule has 1 atom stereocenters. The van der Waals surface area contributed by atoms with Gasteiger partial charge in [-0.3, -0.25) is 0 Å². The Morgan fingerprint density at radius 2 is 2.12 bits per heavy atom. The van der Waals surface area contributed by atoms with Gasteiger partial charge in [0, 0.05) is 16.6 Å². The molecule has 0 aliphatic carbocycles. The third kappa shape index (κ3) is 3.21. The number of rotatable bonds is 1. The molecule has 1 N–H and O–H groups in total. The van der Waals surface area contributed by atoms with Crippen LogP contribution < -0.4 is 5.32 Å². The second-order valence-electron chi connectivity index (χ2n) is 5.19. The molecule has 2 rings (SSSR count). The number of sulfone groups is 1. The maximum absolute atomic E-state index is 11.9.